The van der Waals surface area contributed by atoms with E-state index in [2.05, 4.69) is 69.0 Å². The summed E-state index contributed by atoms with van der Waals surface area (Å²) >= 11 is 0. The summed E-state index contributed by atoms with van der Waals surface area (Å²) in [6.07, 6.45) is 0.877. The van der Waals surface area contributed by atoms with Gasteiger partial charge in [0, 0.05) is 24.3 Å². The molecule has 2 aliphatic rings. The van der Waals surface area contributed by atoms with Crippen molar-refractivity contribution in [2.75, 3.05) is 13.2 Å². The first-order valence-corrected chi connectivity index (χ1v) is 9.30. The molecule has 0 aliphatic carbocycles. The molecule has 0 fully saturated rings. The zero-order valence-electron chi connectivity index (χ0n) is 15.8. The summed E-state index contributed by atoms with van der Waals surface area (Å²) < 4.78 is 11.5. The molecule has 2 heterocycles. The number of hydrogen-bond acceptors (Lipinski definition) is 6. The summed E-state index contributed by atoms with van der Waals surface area (Å²) in [6.45, 7) is 6.61. The SMILES string of the molecule is CC1(c2ccc(COCCCOCc3ccc(C4(C)N=N4)cc3)cc2)N=N1. The normalized spacial score (nSPS) is 17.9. The Morgan fingerprint density at radius 1 is 0.630 bits per heavy atom. The fraction of sp³-hybridized carbons (Fsp3) is 0.429. The molecule has 0 amide bonds. The van der Waals surface area contributed by atoms with Crippen LogP contribution in [0.1, 0.15) is 42.5 Å². The Labute approximate surface area is 159 Å². The molecule has 0 aromatic heterocycles. The van der Waals surface area contributed by atoms with Gasteiger partial charge in [0.1, 0.15) is 0 Å². The van der Waals surface area contributed by atoms with Crippen LogP contribution in [0.5, 0.6) is 0 Å². The summed E-state index contributed by atoms with van der Waals surface area (Å²) in [5, 5.41) is 16.2. The standard InChI is InChI=1S/C21H24N4O2/c1-20(22-23-20)18-8-4-16(5-9-18)14-26-12-3-13-27-15-17-6-10-19(11-7-17)21(2)24-25-21/h4-11H,3,12-15H2,1-2H3. The van der Waals surface area contributed by atoms with Gasteiger partial charge in [-0.1, -0.05) is 48.5 Å². The summed E-state index contributed by atoms with van der Waals surface area (Å²) in [5.41, 5.74) is 3.96. The van der Waals surface area contributed by atoms with Crippen molar-refractivity contribution in [1.29, 1.82) is 0 Å². The maximum Gasteiger partial charge on any atom is 0.213 e. The summed E-state index contributed by atoms with van der Waals surface area (Å²) in [5.74, 6) is 0. The highest BCUT2D eigenvalue weighted by Gasteiger charge is 2.36. The van der Waals surface area contributed by atoms with E-state index in [1.54, 1.807) is 0 Å². The van der Waals surface area contributed by atoms with Gasteiger partial charge in [0.05, 0.1) is 13.2 Å². The number of rotatable bonds is 10. The molecule has 0 bridgehead atoms. The third-order valence-corrected chi connectivity index (χ3v) is 4.92. The second kappa shape index (κ2) is 7.29. The summed E-state index contributed by atoms with van der Waals surface area (Å²) in [6, 6.07) is 16.6. The van der Waals surface area contributed by atoms with Gasteiger partial charge < -0.3 is 9.47 Å². The minimum Gasteiger partial charge on any atom is -0.377 e. The molecule has 2 aromatic carbocycles. The molecule has 0 saturated carbocycles. The summed E-state index contributed by atoms with van der Waals surface area (Å²) in [4.78, 5) is 0. The van der Waals surface area contributed by atoms with Gasteiger partial charge in [-0.05, 0) is 31.4 Å². The van der Waals surface area contributed by atoms with Crippen LogP contribution >= 0.6 is 0 Å². The number of hydrogen-bond donors (Lipinski definition) is 0. The van der Waals surface area contributed by atoms with Gasteiger partial charge in [-0.25, -0.2) is 0 Å². The Balaban J connectivity index is 1.08. The van der Waals surface area contributed by atoms with E-state index in [0.29, 0.717) is 26.4 Å². The molecule has 0 radical (unpaired) electrons. The van der Waals surface area contributed by atoms with E-state index in [0.717, 1.165) is 28.7 Å². The van der Waals surface area contributed by atoms with E-state index < -0.39 is 0 Å². The first-order valence-electron chi connectivity index (χ1n) is 9.30. The second-order valence-corrected chi connectivity index (χ2v) is 7.29. The lowest BCUT2D eigenvalue weighted by molar-refractivity contribution is 0.0695. The number of ether oxygens (including phenoxy) is 2. The van der Waals surface area contributed by atoms with Crippen LogP contribution in [0.2, 0.25) is 0 Å². The Kier molecular flexibility index (Phi) is 4.85. The van der Waals surface area contributed by atoms with Crippen molar-refractivity contribution in [3.8, 4) is 0 Å². The highest BCUT2D eigenvalue weighted by molar-refractivity contribution is 5.30. The first-order chi connectivity index (χ1) is 13.1. The molecule has 0 spiro atoms. The van der Waals surface area contributed by atoms with E-state index in [1.807, 2.05) is 13.8 Å². The van der Waals surface area contributed by atoms with Crippen molar-refractivity contribution in [3.63, 3.8) is 0 Å². The van der Waals surface area contributed by atoms with E-state index >= 15 is 0 Å². The van der Waals surface area contributed by atoms with Crippen molar-refractivity contribution in [3.05, 3.63) is 70.8 Å². The van der Waals surface area contributed by atoms with Gasteiger partial charge in [0.25, 0.3) is 0 Å². The highest BCUT2D eigenvalue weighted by Crippen LogP contribution is 2.39. The third kappa shape index (κ3) is 4.46. The molecule has 27 heavy (non-hydrogen) atoms. The maximum atomic E-state index is 5.73. The summed E-state index contributed by atoms with van der Waals surface area (Å²) in [7, 11) is 0. The predicted molar refractivity (Wildman–Crippen MR) is 101 cm³/mol. The van der Waals surface area contributed by atoms with Gasteiger partial charge in [0.15, 0.2) is 0 Å². The molecular weight excluding hydrogens is 340 g/mol. The van der Waals surface area contributed by atoms with Gasteiger partial charge in [-0.15, -0.1) is 0 Å². The molecule has 0 atom stereocenters. The van der Waals surface area contributed by atoms with Crippen molar-refractivity contribution in [2.24, 2.45) is 20.5 Å². The third-order valence-electron chi connectivity index (χ3n) is 4.92. The van der Waals surface area contributed by atoms with E-state index in [1.165, 1.54) is 0 Å². The molecule has 6 heteroatoms. The van der Waals surface area contributed by atoms with Crippen molar-refractivity contribution < 1.29 is 9.47 Å². The molecule has 0 saturated heterocycles. The molecule has 4 rings (SSSR count). The Morgan fingerprint density at radius 3 is 1.33 bits per heavy atom. The molecule has 0 N–H and O–H groups in total. The second-order valence-electron chi connectivity index (χ2n) is 7.29. The van der Waals surface area contributed by atoms with Crippen LogP contribution in [0.15, 0.2) is 69.0 Å². The fourth-order valence-electron chi connectivity index (χ4n) is 2.86. The van der Waals surface area contributed by atoms with Gasteiger partial charge in [-0.2, -0.15) is 20.5 Å². The largest absolute Gasteiger partial charge is 0.377 e. The molecule has 140 valence electrons. The molecule has 0 unspecified atom stereocenters. The number of benzene rings is 2. The van der Waals surface area contributed by atoms with Gasteiger partial charge in [0.2, 0.25) is 11.3 Å². The zero-order valence-corrected chi connectivity index (χ0v) is 15.8. The fourth-order valence-corrected chi connectivity index (χ4v) is 2.86. The molecular formula is C21H24N4O2. The maximum absolute atomic E-state index is 5.73. The van der Waals surface area contributed by atoms with Crippen LogP contribution in [0, 0.1) is 0 Å². The van der Waals surface area contributed by atoms with Crippen LogP contribution in [-0.4, -0.2) is 13.2 Å². The monoisotopic (exact) mass is 364 g/mol. The van der Waals surface area contributed by atoms with E-state index in [-0.39, 0.29) is 11.3 Å². The average Bonchev–Trinajstić information content (AvgIpc) is 3.61. The first kappa shape index (κ1) is 17.9. The Morgan fingerprint density at radius 2 is 1.00 bits per heavy atom. The quantitative estimate of drug-likeness (QED) is 0.551. The minimum atomic E-state index is -0.308. The smallest absolute Gasteiger partial charge is 0.213 e. The van der Waals surface area contributed by atoms with Gasteiger partial charge in [-0.3, -0.25) is 0 Å². The predicted octanol–water partition coefficient (Wildman–Crippen LogP) is 5.09. The van der Waals surface area contributed by atoms with Crippen LogP contribution in [0.4, 0.5) is 0 Å². The van der Waals surface area contributed by atoms with Crippen LogP contribution in [-0.2, 0) is 34.0 Å². The van der Waals surface area contributed by atoms with Crippen LogP contribution in [0.25, 0.3) is 0 Å². The Bertz CT molecular complexity index is 760. The zero-order chi connectivity index (χ0) is 18.7. The topological polar surface area (TPSA) is 67.9 Å². The van der Waals surface area contributed by atoms with Crippen LogP contribution in [0.3, 0.4) is 0 Å². The van der Waals surface area contributed by atoms with Crippen molar-refractivity contribution in [1.82, 2.24) is 0 Å². The lowest BCUT2D eigenvalue weighted by Gasteiger charge is -2.08. The number of nitrogens with zero attached hydrogens (tertiary/aromatic N) is 4. The lowest BCUT2D eigenvalue weighted by atomic mass is 10.0. The van der Waals surface area contributed by atoms with E-state index in [9.17, 15) is 0 Å². The molecule has 6 nitrogen and oxygen atoms in total. The minimum absolute atomic E-state index is 0.308. The highest BCUT2D eigenvalue weighted by atomic mass is 16.5. The van der Waals surface area contributed by atoms with Crippen molar-refractivity contribution in [2.45, 2.75) is 44.8 Å². The van der Waals surface area contributed by atoms with E-state index in [4.69, 9.17) is 9.47 Å². The van der Waals surface area contributed by atoms with Gasteiger partial charge >= 0.3 is 0 Å². The van der Waals surface area contributed by atoms with Crippen molar-refractivity contribution >= 4 is 0 Å². The molecule has 2 aromatic rings. The average molecular weight is 364 g/mol. The lowest BCUT2D eigenvalue weighted by Crippen LogP contribution is -2.04. The Hall–Kier alpha value is -2.44. The van der Waals surface area contributed by atoms with Crippen LogP contribution < -0.4 is 0 Å². The molecule has 2 aliphatic heterocycles.